The lowest BCUT2D eigenvalue weighted by atomic mass is 10.1. The lowest BCUT2D eigenvalue weighted by Gasteiger charge is -2.11. The number of aliphatic hydroxyl groups excluding tert-OH is 1. The number of rotatable bonds is 6. The second-order valence-corrected chi connectivity index (χ2v) is 4.26. The Kier molecular flexibility index (Phi) is 4.50. The van der Waals surface area contributed by atoms with Crippen molar-refractivity contribution in [1.82, 2.24) is 15.1 Å². The fraction of sp³-hybridized carbons (Fsp3) is 0.357. The van der Waals surface area contributed by atoms with Crippen molar-refractivity contribution < 1.29 is 5.11 Å². The maximum absolute atomic E-state index is 9.97. The Morgan fingerprint density at radius 3 is 2.78 bits per heavy atom. The van der Waals surface area contributed by atoms with E-state index in [1.54, 1.807) is 0 Å². The first-order chi connectivity index (χ1) is 8.79. The molecule has 0 aliphatic heterocycles. The molecular weight excluding hydrogens is 226 g/mol. The fourth-order valence-electron chi connectivity index (χ4n) is 1.82. The van der Waals surface area contributed by atoms with Crippen LogP contribution in [0.3, 0.4) is 0 Å². The van der Waals surface area contributed by atoms with Crippen LogP contribution in [0.4, 0.5) is 0 Å². The van der Waals surface area contributed by atoms with Crippen LogP contribution in [0.15, 0.2) is 42.7 Å². The second-order valence-electron chi connectivity index (χ2n) is 4.26. The molecule has 2 rings (SSSR count). The molecule has 0 fully saturated rings. The van der Waals surface area contributed by atoms with Gasteiger partial charge in [0.15, 0.2) is 0 Å². The van der Waals surface area contributed by atoms with Crippen LogP contribution < -0.4 is 5.32 Å². The first-order valence-electron chi connectivity index (χ1n) is 6.24. The molecule has 2 N–H and O–H groups in total. The van der Waals surface area contributed by atoms with Crippen LogP contribution in [-0.4, -0.2) is 21.4 Å². The van der Waals surface area contributed by atoms with Crippen LogP contribution in [0.5, 0.6) is 0 Å². The quantitative estimate of drug-likeness (QED) is 0.815. The van der Waals surface area contributed by atoms with Gasteiger partial charge < -0.3 is 10.4 Å². The number of hydrogen-bond donors (Lipinski definition) is 2. The topological polar surface area (TPSA) is 50.1 Å². The van der Waals surface area contributed by atoms with Crippen molar-refractivity contribution >= 4 is 0 Å². The third kappa shape index (κ3) is 3.42. The van der Waals surface area contributed by atoms with E-state index in [-0.39, 0.29) is 0 Å². The highest BCUT2D eigenvalue weighted by molar-refractivity contribution is 5.17. The number of aliphatic hydroxyl groups is 1. The zero-order valence-corrected chi connectivity index (χ0v) is 10.6. The molecule has 0 spiro atoms. The number of benzene rings is 1. The average Bonchev–Trinajstić information content (AvgIpc) is 2.87. The van der Waals surface area contributed by atoms with Crippen molar-refractivity contribution in [3.63, 3.8) is 0 Å². The van der Waals surface area contributed by atoms with Gasteiger partial charge in [-0.25, -0.2) is 0 Å². The summed E-state index contributed by atoms with van der Waals surface area (Å²) < 4.78 is 1.89. The first kappa shape index (κ1) is 12.8. The smallest absolute Gasteiger partial charge is 0.0914 e. The number of nitrogens with one attached hydrogen (secondary N) is 1. The van der Waals surface area contributed by atoms with Crippen molar-refractivity contribution in [3.05, 3.63) is 53.9 Å². The van der Waals surface area contributed by atoms with Gasteiger partial charge in [-0.3, -0.25) is 4.68 Å². The zero-order chi connectivity index (χ0) is 12.8. The van der Waals surface area contributed by atoms with E-state index in [4.69, 9.17) is 0 Å². The summed E-state index contributed by atoms with van der Waals surface area (Å²) in [7, 11) is 0. The van der Waals surface area contributed by atoms with E-state index in [0.29, 0.717) is 6.54 Å². The normalized spacial score (nSPS) is 12.6. The van der Waals surface area contributed by atoms with Gasteiger partial charge in [0.05, 0.1) is 12.3 Å². The number of hydrogen-bond acceptors (Lipinski definition) is 3. The summed E-state index contributed by atoms with van der Waals surface area (Å²) in [4.78, 5) is 0. The minimum absolute atomic E-state index is 0.465. The maximum atomic E-state index is 9.97. The lowest BCUT2D eigenvalue weighted by Crippen LogP contribution is -2.20. The largest absolute Gasteiger partial charge is 0.387 e. The molecule has 1 atom stereocenters. The van der Waals surface area contributed by atoms with E-state index >= 15 is 0 Å². The Labute approximate surface area is 107 Å². The number of nitrogens with zero attached hydrogens (tertiary/aromatic N) is 2. The van der Waals surface area contributed by atoms with Gasteiger partial charge in [0.2, 0.25) is 0 Å². The summed E-state index contributed by atoms with van der Waals surface area (Å²) in [6, 6.07) is 9.68. The highest BCUT2D eigenvalue weighted by atomic mass is 16.3. The van der Waals surface area contributed by atoms with Gasteiger partial charge in [-0.05, 0) is 12.5 Å². The van der Waals surface area contributed by atoms with Crippen LogP contribution >= 0.6 is 0 Å². The van der Waals surface area contributed by atoms with Crippen molar-refractivity contribution in [2.75, 3.05) is 6.54 Å². The SMILES string of the molecule is CCn1cc(CNCC(O)c2ccccc2)cn1. The van der Waals surface area contributed by atoms with Gasteiger partial charge in [0.25, 0.3) is 0 Å². The van der Waals surface area contributed by atoms with Gasteiger partial charge in [-0.15, -0.1) is 0 Å². The lowest BCUT2D eigenvalue weighted by molar-refractivity contribution is 0.174. The second kappa shape index (κ2) is 6.33. The summed E-state index contributed by atoms with van der Waals surface area (Å²) in [6.45, 7) is 4.21. The standard InChI is InChI=1S/C14H19N3O/c1-2-17-11-12(9-16-17)8-15-10-14(18)13-6-4-3-5-7-13/h3-7,9,11,14-15,18H,2,8,10H2,1H3. The van der Waals surface area contributed by atoms with Crippen LogP contribution in [-0.2, 0) is 13.1 Å². The molecule has 96 valence electrons. The van der Waals surface area contributed by atoms with Crippen LogP contribution in [0, 0.1) is 0 Å². The van der Waals surface area contributed by atoms with Crippen LogP contribution in [0.2, 0.25) is 0 Å². The van der Waals surface area contributed by atoms with Crippen molar-refractivity contribution in [2.45, 2.75) is 26.1 Å². The molecule has 4 nitrogen and oxygen atoms in total. The maximum Gasteiger partial charge on any atom is 0.0914 e. The molecule has 1 heterocycles. The predicted octanol–water partition coefficient (Wildman–Crippen LogP) is 1.73. The molecule has 18 heavy (non-hydrogen) atoms. The molecule has 0 saturated heterocycles. The number of aromatic nitrogens is 2. The van der Waals surface area contributed by atoms with E-state index in [1.165, 1.54) is 0 Å². The minimum Gasteiger partial charge on any atom is -0.387 e. The number of aryl methyl sites for hydroxylation is 1. The summed E-state index contributed by atoms with van der Waals surface area (Å²) >= 11 is 0. The molecule has 1 aromatic heterocycles. The Bertz CT molecular complexity index is 467. The summed E-state index contributed by atoms with van der Waals surface area (Å²) in [5.41, 5.74) is 2.08. The Morgan fingerprint density at radius 1 is 1.33 bits per heavy atom. The van der Waals surface area contributed by atoms with Crippen molar-refractivity contribution in [3.8, 4) is 0 Å². The zero-order valence-electron chi connectivity index (χ0n) is 10.6. The van der Waals surface area contributed by atoms with E-state index in [1.807, 2.05) is 47.4 Å². The minimum atomic E-state index is -0.465. The van der Waals surface area contributed by atoms with Crippen LogP contribution in [0.25, 0.3) is 0 Å². The summed E-state index contributed by atoms with van der Waals surface area (Å²) in [5.74, 6) is 0. The highest BCUT2D eigenvalue weighted by Gasteiger charge is 2.06. The molecule has 0 bridgehead atoms. The van der Waals surface area contributed by atoms with Gasteiger partial charge >= 0.3 is 0 Å². The third-order valence-corrected chi connectivity index (χ3v) is 2.86. The molecule has 1 aromatic carbocycles. The molecule has 0 aliphatic carbocycles. The Balaban J connectivity index is 1.78. The molecular formula is C14H19N3O. The van der Waals surface area contributed by atoms with Crippen LogP contribution in [0.1, 0.15) is 24.2 Å². The molecule has 0 saturated carbocycles. The monoisotopic (exact) mass is 245 g/mol. The third-order valence-electron chi connectivity index (χ3n) is 2.86. The molecule has 2 aromatic rings. The molecule has 0 aliphatic rings. The van der Waals surface area contributed by atoms with Gasteiger partial charge in [-0.2, -0.15) is 5.10 Å². The van der Waals surface area contributed by atoms with E-state index in [0.717, 1.165) is 24.2 Å². The Hall–Kier alpha value is -1.65. The van der Waals surface area contributed by atoms with E-state index in [9.17, 15) is 5.11 Å². The van der Waals surface area contributed by atoms with Gasteiger partial charge in [0, 0.05) is 31.4 Å². The van der Waals surface area contributed by atoms with Crippen molar-refractivity contribution in [1.29, 1.82) is 0 Å². The van der Waals surface area contributed by atoms with E-state index < -0.39 is 6.10 Å². The predicted molar refractivity (Wildman–Crippen MR) is 71.0 cm³/mol. The van der Waals surface area contributed by atoms with Gasteiger partial charge in [-0.1, -0.05) is 30.3 Å². The fourth-order valence-corrected chi connectivity index (χ4v) is 1.82. The Morgan fingerprint density at radius 2 is 2.11 bits per heavy atom. The van der Waals surface area contributed by atoms with E-state index in [2.05, 4.69) is 17.3 Å². The molecule has 4 heteroatoms. The molecule has 0 amide bonds. The molecule has 0 radical (unpaired) electrons. The molecule has 1 unspecified atom stereocenters. The summed E-state index contributed by atoms with van der Waals surface area (Å²) in [5, 5.41) is 17.4. The highest BCUT2D eigenvalue weighted by Crippen LogP contribution is 2.10. The first-order valence-corrected chi connectivity index (χ1v) is 6.24. The average molecular weight is 245 g/mol. The summed E-state index contributed by atoms with van der Waals surface area (Å²) in [6.07, 6.45) is 3.40. The van der Waals surface area contributed by atoms with Gasteiger partial charge in [0.1, 0.15) is 0 Å². The van der Waals surface area contributed by atoms with Crippen molar-refractivity contribution in [2.24, 2.45) is 0 Å².